The van der Waals surface area contributed by atoms with Gasteiger partial charge in [-0.3, -0.25) is 4.72 Å². The lowest BCUT2D eigenvalue weighted by Gasteiger charge is -2.11. The van der Waals surface area contributed by atoms with Gasteiger partial charge < -0.3 is 5.11 Å². The van der Waals surface area contributed by atoms with Crippen LogP contribution in [-0.4, -0.2) is 29.5 Å². The van der Waals surface area contributed by atoms with Crippen molar-refractivity contribution in [2.45, 2.75) is 18.2 Å². The molecule has 2 N–H and O–H groups in total. The van der Waals surface area contributed by atoms with Crippen LogP contribution < -0.4 is 4.72 Å². The van der Waals surface area contributed by atoms with E-state index in [9.17, 15) is 22.0 Å². The Kier molecular flexibility index (Phi) is 5.55. The molecule has 7 nitrogen and oxygen atoms in total. The predicted octanol–water partition coefficient (Wildman–Crippen LogP) is 3.48. The maximum atomic E-state index is 14.0. The van der Waals surface area contributed by atoms with Crippen LogP contribution in [0.3, 0.4) is 0 Å². The van der Waals surface area contributed by atoms with E-state index in [1.165, 1.54) is 24.3 Å². The summed E-state index contributed by atoms with van der Waals surface area (Å²) >= 11 is 0. The summed E-state index contributed by atoms with van der Waals surface area (Å²) < 4.78 is 54.6. The summed E-state index contributed by atoms with van der Waals surface area (Å²) in [4.78, 5) is 19.0. The van der Waals surface area contributed by atoms with Gasteiger partial charge in [0.25, 0.3) is 10.0 Å². The number of carboxylic acids is 1. The molecular formula is C19H15F2N3O4S. The zero-order valence-electron chi connectivity index (χ0n) is 15.1. The van der Waals surface area contributed by atoms with Crippen LogP contribution in [0.25, 0.3) is 11.1 Å². The van der Waals surface area contributed by atoms with Crippen LogP contribution >= 0.6 is 0 Å². The van der Waals surface area contributed by atoms with Gasteiger partial charge in [0, 0.05) is 30.4 Å². The summed E-state index contributed by atoms with van der Waals surface area (Å²) in [5.74, 6) is -3.46. The molecule has 0 unspecified atom stereocenters. The van der Waals surface area contributed by atoms with Crippen molar-refractivity contribution in [2.24, 2.45) is 0 Å². The highest BCUT2D eigenvalue weighted by Crippen LogP contribution is 2.25. The number of anilines is 1. The normalized spacial score (nSPS) is 11.3. The van der Waals surface area contributed by atoms with Crippen molar-refractivity contribution in [3.8, 4) is 11.1 Å². The number of carboxylic acid groups (broad SMARTS) is 1. The SMILES string of the molecule is CCc1ncc(-c2ccc(S(=O)(=O)Nc3cc(F)c(C(=O)O)cc3F)cc2)cn1. The summed E-state index contributed by atoms with van der Waals surface area (Å²) in [5, 5.41) is 8.79. The van der Waals surface area contributed by atoms with Gasteiger partial charge in [0.15, 0.2) is 0 Å². The maximum absolute atomic E-state index is 14.0. The van der Waals surface area contributed by atoms with Gasteiger partial charge >= 0.3 is 5.97 Å². The molecule has 0 spiro atoms. The number of hydrogen-bond donors (Lipinski definition) is 2. The molecule has 0 saturated heterocycles. The van der Waals surface area contributed by atoms with Crippen LogP contribution in [-0.2, 0) is 16.4 Å². The van der Waals surface area contributed by atoms with Crippen molar-refractivity contribution in [3.63, 3.8) is 0 Å². The molecule has 1 heterocycles. The minimum atomic E-state index is -4.23. The van der Waals surface area contributed by atoms with Crippen molar-refractivity contribution in [2.75, 3.05) is 4.72 Å². The third kappa shape index (κ3) is 4.37. The molecule has 10 heteroatoms. The molecular weight excluding hydrogens is 404 g/mol. The van der Waals surface area contributed by atoms with Crippen molar-refractivity contribution in [1.29, 1.82) is 0 Å². The summed E-state index contributed by atoms with van der Waals surface area (Å²) in [6.45, 7) is 1.92. The van der Waals surface area contributed by atoms with Crippen LogP contribution in [0, 0.1) is 11.6 Å². The molecule has 2 aromatic carbocycles. The molecule has 150 valence electrons. The van der Waals surface area contributed by atoms with E-state index in [1.54, 1.807) is 12.4 Å². The summed E-state index contributed by atoms with van der Waals surface area (Å²) in [6.07, 6.45) is 3.93. The van der Waals surface area contributed by atoms with E-state index in [-0.39, 0.29) is 4.90 Å². The second-order valence-electron chi connectivity index (χ2n) is 5.99. The zero-order valence-corrected chi connectivity index (χ0v) is 15.9. The first-order chi connectivity index (χ1) is 13.7. The van der Waals surface area contributed by atoms with Gasteiger partial charge in [-0.25, -0.2) is 32.0 Å². The first-order valence-electron chi connectivity index (χ1n) is 8.37. The van der Waals surface area contributed by atoms with Gasteiger partial charge in [-0.2, -0.15) is 0 Å². The number of aromatic carboxylic acids is 1. The molecule has 0 aliphatic heterocycles. The Labute approximate surface area is 165 Å². The van der Waals surface area contributed by atoms with Gasteiger partial charge in [0.2, 0.25) is 0 Å². The van der Waals surface area contributed by atoms with E-state index in [2.05, 4.69) is 9.97 Å². The molecule has 0 atom stereocenters. The standard InChI is InChI=1S/C19H15F2N3O4S/c1-2-18-22-9-12(10-23-18)11-3-5-13(6-4-11)29(27,28)24-17-8-15(20)14(19(25)26)7-16(17)21/h3-10,24H,2H2,1H3,(H,25,26). The van der Waals surface area contributed by atoms with Crippen molar-refractivity contribution < 1.29 is 27.1 Å². The number of hydrogen-bond acceptors (Lipinski definition) is 5. The first kappa shape index (κ1) is 20.3. The van der Waals surface area contributed by atoms with Gasteiger partial charge in [-0.15, -0.1) is 0 Å². The number of carbonyl (C=O) groups is 1. The average Bonchev–Trinajstić information content (AvgIpc) is 2.70. The maximum Gasteiger partial charge on any atom is 0.338 e. The molecule has 0 radical (unpaired) electrons. The lowest BCUT2D eigenvalue weighted by molar-refractivity contribution is 0.0691. The van der Waals surface area contributed by atoms with Crippen molar-refractivity contribution in [3.05, 3.63) is 71.8 Å². The van der Waals surface area contributed by atoms with Crippen molar-refractivity contribution in [1.82, 2.24) is 9.97 Å². The number of nitrogens with one attached hydrogen (secondary N) is 1. The molecule has 0 aliphatic carbocycles. The Morgan fingerprint density at radius 2 is 1.66 bits per heavy atom. The zero-order chi connectivity index (χ0) is 21.2. The second-order valence-corrected chi connectivity index (χ2v) is 7.67. The highest BCUT2D eigenvalue weighted by Gasteiger charge is 2.20. The Bertz CT molecular complexity index is 1170. The van der Waals surface area contributed by atoms with Crippen LogP contribution in [0.4, 0.5) is 14.5 Å². The Balaban J connectivity index is 1.86. The monoisotopic (exact) mass is 419 g/mol. The number of rotatable bonds is 6. The fourth-order valence-electron chi connectivity index (χ4n) is 2.51. The Morgan fingerprint density at radius 1 is 1.03 bits per heavy atom. The molecule has 3 rings (SSSR count). The average molecular weight is 419 g/mol. The van der Waals surface area contributed by atoms with Crippen LogP contribution in [0.15, 0.2) is 53.7 Å². The van der Waals surface area contributed by atoms with Gasteiger partial charge in [-0.05, 0) is 23.8 Å². The largest absolute Gasteiger partial charge is 0.478 e. The quantitative estimate of drug-likeness (QED) is 0.633. The lowest BCUT2D eigenvalue weighted by atomic mass is 10.1. The molecule has 1 aromatic heterocycles. The highest BCUT2D eigenvalue weighted by molar-refractivity contribution is 7.92. The van der Waals surface area contributed by atoms with Gasteiger partial charge in [-0.1, -0.05) is 19.1 Å². The molecule has 29 heavy (non-hydrogen) atoms. The summed E-state index contributed by atoms with van der Waals surface area (Å²) in [5.41, 5.74) is -0.225. The fourth-order valence-corrected chi connectivity index (χ4v) is 3.56. The van der Waals surface area contributed by atoms with Gasteiger partial charge in [0.05, 0.1) is 16.1 Å². The Morgan fingerprint density at radius 3 is 2.21 bits per heavy atom. The van der Waals surface area contributed by atoms with E-state index in [0.29, 0.717) is 35.5 Å². The predicted molar refractivity (Wildman–Crippen MR) is 101 cm³/mol. The third-order valence-electron chi connectivity index (χ3n) is 4.05. The molecule has 0 saturated carbocycles. The molecule has 0 fully saturated rings. The lowest BCUT2D eigenvalue weighted by Crippen LogP contribution is -2.15. The number of aromatic nitrogens is 2. The molecule has 0 bridgehead atoms. The van der Waals surface area contributed by atoms with E-state index in [0.717, 1.165) is 0 Å². The minimum absolute atomic E-state index is 0.186. The minimum Gasteiger partial charge on any atom is -0.478 e. The number of halogens is 2. The van der Waals surface area contributed by atoms with Crippen molar-refractivity contribution >= 4 is 21.7 Å². The molecule has 3 aromatic rings. The Hall–Kier alpha value is -3.40. The summed E-state index contributed by atoms with van der Waals surface area (Å²) in [6, 6.07) is 6.55. The van der Waals surface area contributed by atoms with Crippen LogP contribution in [0.5, 0.6) is 0 Å². The molecule has 0 amide bonds. The smallest absolute Gasteiger partial charge is 0.338 e. The summed E-state index contributed by atoms with van der Waals surface area (Å²) in [7, 11) is -4.23. The first-order valence-corrected chi connectivity index (χ1v) is 9.86. The van der Waals surface area contributed by atoms with E-state index < -0.39 is 38.9 Å². The number of sulfonamides is 1. The fraction of sp³-hybridized carbons (Fsp3) is 0.105. The van der Waals surface area contributed by atoms with Gasteiger partial charge in [0.1, 0.15) is 17.5 Å². The second kappa shape index (κ2) is 7.92. The van der Waals surface area contributed by atoms with E-state index in [4.69, 9.17) is 5.11 Å². The highest BCUT2D eigenvalue weighted by atomic mass is 32.2. The third-order valence-corrected chi connectivity index (χ3v) is 5.43. The van der Waals surface area contributed by atoms with E-state index in [1.807, 2.05) is 11.6 Å². The van der Waals surface area contributed by atoms with E-state index >= 15 is 0 Å². The number of nitrogens with zero attached hydrogens (tertiary/aromatic N) is 2. The van der Waals surface area contributed by atoms with Crippen LogP contribution in [0.2, 0.25) is 0 Å². The molecule has 0 aliphatic rings. The van der Waals surface area contributed by atoms with Crippen LogP contribution in [0.1, 0.15) is 23.1 Å². The number of aryl methyl sites for hydroxylation is 1. The number of benzene rings is 2. The topological polar surface area (TPSA) is 109 Å².